The summed E-state index contributed by atoms with van der Waals surface area (Å²) in [6.07, 6.45) is 1.41. The lowest BCUT2D eigenvalue weighted by Gasteiger charge is -2.01. The molecule has 2 N–H and O–H groups in total. The molecule has 0 amide bonds. The van der Waals surface area contributed by atoms with E-state index in [1.165, 1.54) is 23.5 Å². The van der Waals surface area contributed by atoms with Gasteiger partial charge in [-0.25, -0.2) is 4.98 Å². The second kappa shape index (κ2) is 5.65. The molecular weight excluding hydrogens is 236 g/mol. The first-order chi connectivity index (χ1) is 8.29. The number of nitrogens with zero attached hydrogens (tertiary/aromatic N) is 1. The standard InChI is InChI=1S/C12H12N2O2S/c15-7-10-6-13-12(14-11(10)16)17-8-9-4-2-1-3-5-9/h1-6,15H,7-8H2,(H,13,14,16). The highest BCUT2D eigenvalue weighted by Gasteiger charge is 2.02. The molecule has 0 unspecified atom stereocenters. The van der Waals surface area contributed by atoms with Crippen LogP contribution in [0.5, 0.6) is 0 Å². The van der Waals surface area contributed by atoms with Crippen molar-refractivity contribution in [2.24, 2.45) is 0 Å². The molecule has 0 spiro atoms. The van der Waals surface area contributed by atoms with E-state index in [1.807, 2.05) is 30.3 Å². The molecule has 2 aromatic rings. The summed E-state index contributed by atoms with van der Waals surface area (Å²) < 4.78 is 0. The molecule has 1 heterocycles. The average molecular weight is 248 g/mol. The van der Waals surface area contributed by atoms with Gasteiger partial charge >= 0.3 is 0 Å². The van der Waals surface area contributed by atoms with Crippen molar-refractivity contribution < 1.29 is 5.11 Å². The van der Waals surface area contributed by atoms with Gasteiger partial charge in [-0.3, -0.25) is 4.79 Å². The normalized spacial score (nSPS) is 10.4. The van der Waals surface area contributed by atoms with Gasteiger partial charge in [0, 0.05) is 11.9 Å². The summed E-state index contributed by atoms with van der Waals surface area (Å²) >= 11 is 1.46. The minimum Gasteiger partial charge on any atom is -0.391 e. The van der Waals surface area contributed by atoms with Crippen molar-refractivity contribution in [3.05, 3.63) is 58.0 Å². The molecule has 0 aliphatic heterocycles. The Bertz CT molecular complexity index is 540. The van der Waals surface area contributed by atoms with E-state index < -0.39 is 0 Å². The van der Waals surface area contributed by atoms with Crippen LogP contribution in [-0.2, 0) is 12.4 Å². The van der Waals surface area contributed by atoms with Crippen LogP contribution >= 0.6 is 11.8 Å². The number of benzene rings is 1. The lowest BCUT2D eigenvalue weighted by Crippen LogP contribution is -2.14. The van der Waals surface area contributed by atoms with Crippen LogP contribution in [0.4, 0.5) is 0 Å². The van der Waals surface area contributed by atoms with Crippen molar-refractivity contribution >= 4 is 11.8 Å². The van der Waals surface area contributed by atoms with Gasteiger partial charge in [0.25, 0.3) is 5.56 Å². The van der Waals surface area contributed by atoms with Gasteiger partial charge in [0.1, 0.15) is 0 Å². The fourth-order valence-corrected chi connectivity index (χ4v) is 2.10. The number of aromatic nitrogens is 2. The summed E-state index contributed by atoms with van der Waals surface area (Å²) in [6.45, 7) is -0.286. The Labute approximate surface area is 103 Å². The SMILES string of the molecule is O=c1[nH]c(SCc2ccccc2)ncc1CO. The van der Waals surface area contributed by atoms with E-state index >= 15 is 0 Å². The molecule has 88 valence electrons. The zero-order valence-corrected chi connectivity index (χ0v) is 9.91. The average Bonchev–Trinajstić information content (AvgIpc) is 2.38. The summed E-state index contributed by atoms with van der Waals surface area (Å²) in [5, 5.41) is 9.42. The third-order valence-electron chi connectivity index (χ3n) is 2.24. The molecule has 0 bridgehead atoms. The van der Waals surface area contributed by atoms with Crippen LogP contribution in [0, 0.1) is 0 Å². The first-order valence-electron chi connectivity index (χ1n) is 5.15. The molecule has 0 aliphatic rings. The summed E-state index contributed by atoms with van der Waals surface area (Å²) in [5.41, 5.74) is 1.18. The predicted octanol–water partition coefficient (Wildman–Crippen LogP) is 1.55. The molecule has 2 rings (SSSR count). The van der Waals surface area contributed by atoms with Crippen LogP contribution in [0.3, 0.4) is 0 Å². The maximum Gasteiger partial charge on any atom is 0.257 e. The molecule has 0 atom stereocenters. The van der Waals surface area contributed by atoms with Gasteiger partial charge < -0.3 is 10.1 Å². The van der Waals surface area contributed by atoms with Crippen LogP contribution in [0.1, 0.15) is 11.1 Å². The number of H-pyrrole nitrogens is 1. The fourth-order valence-electron chi connectivity index (χ4n) is 1.32. The lowest BCUT2D eigenvalue weighted by atomic mass is 10.2. The highest BCUT2D eigenvalue weighted by atomic mass is 32.2. The summed E-state index contributed by atoms with van der Waals surface area (Å²) in [5.74, 6) is 0.752. The summed E-state index contributed by atoms with van der Waals surface area (Å²) in [7, 11) is 0. The van der Waals surface area contributed by atoms with Crippen molar-refractivity contribution in [3.63, 3.8) is 0 Å². The number of aromatic amines is 1. The van der Waals surface area contributed by atoms with Gasteiger partial charge in [-0.2, -0.15) is 0 Å². The van der Waals surface area contributed by atoms with E-state index in [0.29, 0.717) is 5.16 Å². The molecule has 0 saturated heterocycles. The monoisotopic (exact) mass is 248 g/mol. The minimum atomic E-state index is -0.286. The van der Waals surface area contributed by atoms with Crippen molar-refractivity contribution in [3.8, 4) is 0 Å². The second-order valence-corrected chi connectivity index (χ2v) is 4.44. The van der Waals surface area contributed by atoms with Crippen molar-refractivity contribution in [1.29, 1.82) is 0 Å². The van der Waals surface area contributed by atoms with Gasteiger partial charge in [-0.05, 0) is 5.56 Å². The van der Waals surface area contributed by atoms with Crippen LogP contribution in [0.25, 0.3) is 0 Å². The van der Waals surface area contributed by atoms with E-state index in [9.17, 15) is 4.79 Å². The van der Waals surface area contributed by atoms with E-state index in [-0.39, 0.29) is 17.7 Å². The number of thioether (sulfide) groups is 1. The highest BCUT2D eigenvalue weighted by Crippen LogP contribution is 2.17. The topological polar surface area (TPSA) is 66.0 Å². The Kier molecular flexibility index (Phi) is 3.95. The second-order valence-electron chi connectivity index (χ2n) is 3.48. The molecule has 0 saturated carbocycles. The zero-order valence-electron chi connectivity index (χ0n) is 9.09. The van der Waals surface area contributed by atoms with Gasteiger partial charge in [0.15, 0.2) is 5.16 Å². The molecule has 1 aromatic carbocycles. The molecule has 0 fully saturated rings. The zero-order chi connectivity index (χ0) is 12.1. The van der Waals surface area contributed by atoms with Gasteiger partial charge in [0.05, 0.1) is 12.2 Å². The van der Waals surface area contributed by atoms with Crippen LogP contribution in [-0.4, -0.2) is 15.1 Å². The van der Waals surface area contributed by atoms with Gasteiger partial charge in [-0.15, -0.1) is 0 Å². The van der Waals surface area contributed by atoms with Crippen molar-refractivity contribution in [2.45, 2.75) is 17.5 Å². The minimum absolute atomic E-state index is 0.280. The van der Waals surface area contributed by atoms with Crippen LogP contribution in [0.2, 0.25) is 0 Å². The van der Waals surface area contributed by atoms with E-state index in [2.05, 4.69) is 9.97 Å². The lowest BCUT2D eigenvalue weighted by molar-refractivity contribution is 0.279. The first-order valence-corrected chi connectivity index (χ1v) is 6.14. The third-order valence-corrected chi connectivity index (χ3v) is 3.20. The third kappa shape index (κ3) is 3.18. The number of rotatable bonds is 4. The van der Waals surface area contributed by atoms with Gasteiger partial charge in [-0.1, -0.05) is 42.1 Å². The molecular formula is C12H12N2O2S. The largest absolute Gasteiger partial charge is 0.391 e. The number of aliphatic hydroxyl groups is 1. The number of hydrogen-bond acceptors (Lipinski definition) is 4. The highest BCUT2D eigenvalue weighted by molar-refractivity contribution is 7.98. The molecule has 0 radical (unpaired) electrons. The fraction of sp³-hybridized carbons (Fsp3) is 0.167. The van der Waals surface area contributed by atoms with Crippen molar-refractivity contribution in [1.82, 2.24) is 9.97 Å². The summed E-state index contributed by atoms with van der Waals surface area (Å²) in [6, 6.07) is 9.95. The molecule has 5 heteroatoms. The Morgan fingerprint density at radius 3 is 2.71 bits per heavy atom. The maximum atomic E-state index is 11.4. The maximum absolute atomic E-state index is 11.4. The number of nitrogens with one attached hydrogen (secondary N) is 1. The smallest absolute Gasteiger partial charge is 0.257 e. The Hall–Kier alpha value is -1.59. The Balaban J connectivity index is 2.05. The quantitative estimate of drug-likeness (QED) is 0.636. The number of aliphatic hydroxyl groups excluding tert-OH is 1. The van der Waals surface area contributed by atoms with Crippen molar-refractivity contribution in [2.75, 3.05) is 0 Å². The van der Waals surface area contributed by atoms with Crippen LogP contribution < -0.4 is 5.56 Å². The molecule has 0 aliphatic carbocycles. The molecule has 17 heavy (non-hydrogen) atoms. The Morgan fingerprint density at radius 1 is 1.29 bits per heavy atom. The van der Waals surface area contributed by atoms with E-state index in [1.54, 1.807) is 0 Å². The van der Waals surface area contributed by atoms with E-state index in [4.69, 9.17) is 5.11 Å². The first kappa shape index (κ1) is 11.9. The molecule has 1 aromatic heterocycles. The predicted molar refractivity (Wildman–Crippen MR) is 66.8 cm³/mol. The number of hydrogen-bond donors (Lipinski definition) is 2. The van der Waals surface area contributed by atoms with Crippen LogP contribution in [0.15, 0.2) is 46.5 Å². The molecule has 4 nitrogen and oxygen atoms in total. The Morgan fingerprint density at radius 2 is 2.06 bits per heavy atom. The van der Waals surface area contributed by atoms with Gasteiger partial charge in [0.2, 0.25) is 0 Å². The summed E-state index contributed by atoms with van der Waals surface area (Å²) in [4.78, 5) is 18.1. The van der Waals surface area contributed by atoms with E-state index in [0.717, 1.165) is 5.75 Å².